The molecule has 1 unspecified atom stereocenters. The summed E-state index contributed by atoms with van der Waals surface area (Å²) in [7, 11) is 0. The molecule has 1 aliphatic heterocycles. The lowest BCUT2D eigenvalue weighted by atomic mass is 10.0. The average molecular weight is 448 g/mol. The molecule has 1 aliphatic rings. The number of pyridine rings is 2. The molecule has 7 nitrogen and oxygen atoms in total. The highest BCUT2D eigenvalue weighted by molar-refractivity contribution is 5.96. The Morgan fingerprint density at radius 3 is 2.70 bits per heavy atom. The van der Waals surface area contributed by atoms with Gasteiger partial charge in [-0.15, -0.1) is 0 Å². The molecule has 1 aromatic carbocycles. The second kappa shape index (κ2) is 10.6. The van der Waals surface area contributed by atoms with Crippen LogP contribution in [0.2, 0.25) is 0 Å². The number of carbonyl (C=O) groups excluding carboxylic acids is 1. The standard InChI is InChI=1S/C26H29N3O4/c1-17-4-7-25(28-13-17)21-10-22(12-23(11-21)33-16-24-15-31-8-9-32-24)26(30)29-19(3)20-6-5-18(2)27-14-20/h4-7,10-14,19,24H,8-9,15-16H2,1-3H3,(H,29,30)/t19-,24?/m1/s1. The SMILES string of the molecule is Cc1ccc(-c2cc(OCC3COCCO3)cc(C(=O)N[C@H](C)c3ccc(C)nc3)c2)nc1. The van der Waals surface area contributed by atoms with Crippen LogP contribution in [0.3, 0.4) is 0 Å². The molecule has 0 spiro atoms. The van der Waals surface area contributed by atoms with Crippen molar-refractivity contribution in [1.82, 2.24) is 15.3 Å². The molecule has 4 rings (SSSR count). The third kappa shape index (κ3) is 6.15. The van der Waals surface area contributed by atoms with Crippen LogP contribution in [0.1, 0.15) is 40.1 Å². The normalized spacial score (nSPS) is 16.8. The zero-order valence-electron chi connectivity index (χ0n) is 19.2. The van der Waals surface area contributed by atoms with Gasteiger partial charge in [0.2, 0.25) is 0 Å². The Kier molecular flexibility index (Phi) is 7.32. The van der Waals surface area contributed by atoms with Gasteiger partial charge < -0.3 is 19.5 Å². The summed E-state index contributed by atoms with van der Waals surface area (Å²) in [5.41, 5.74) is 5.02. The van der Waals surface area contributed by atoms with Crippen molar-refractivity contribution in [2.45, 2.75) is 32.9 Å². The quantitative estimate of drug-likeness (QED) is 0.589. The monoisotopic (exact) mass is 447 g/mol. The van der Waals surface area contributed by atoms with Crippen molar-refractivity contribution in [3.05, 3.63) is 77.2 Å². The summed E-state index contributed by atoms with van der Waals surface area (Å²) in [5.74, 6) is 0.387. The van der Waals surface area contributed by atoms with Gasteiger partial charge in [0.1, 0.15) is 18.5 Å². The lowest BCUT2D eigenvalue weighted by Crippen LogP contribution is -2.33. The summed E-state index contributed by atoms with van der Waals surface area (Å²) in [6, 6.07) is 13.1. The molecule has 1 fully saturated rings. The molecule has 7 heteroatoms. The fourth-order valence-corrected chi connectivity index (χ4v) is 3.52. The first-order valence-electron chi connectivity index (χ1n) is 11.1. The van der Waals surface area contributed by atoms with Crippen LogP contribution in [0.15, 0.2) is 54.9 Å². The van der Waals surface area contributed by atoms with E-state index in [2.05, 4.69) is 15.3 Å². The molecule has 0 aliphatic carbocycles. The predicted molar refractivity (Wildman–Crippen MR) is 125 cm³/mol. The Morgan fingerprint density at radius 1 is 1.12 bits per heavy atom. The highest BCUT2D eigenvalue weighted by Crippen LogP contribution is 2.26. The second-order valence-electron chi connectivity index (χ2n) is 8.27. The van der Waals surface area contributed by atoms with E-state index in [9.17, 15) is 4.79 Å². The first-order valence-corrected chi connectivity index (χ1v) is 11.1. The number of ether oxygens (including phenoxy) is 3. The van der Waals surface area contributed by atoms with E-state index < -0.39 is 0 Å². The maximum absolute atomic E-state index is 13.1. The van der Waals surface area contributed by atoms with Crippen molar-refractivity contribution in [2.75, 3.05) is 26.4 Å². The Bertz CT molecular complexity index is 1080. The van der Waals surface area contributed by atoms with E-state index in [0.29, 0.717) is 37.7 Å². The molecule has 2 atom stereocenters. The number of nitrogens with one attached hydrogen (secondary N) is 1. The number of rotatable bonds is 7. The van der Waals surface area contributed by atoms with Crippen LogP contribution in [0, 0.1) is 13.8 Å². The van der Waals surface area contributed by atoms with Crippen molar-refractivity contribution in [2.24, 2.45) is 0 Å². The highest BCUT2D eigenvalue weighted by atomic mass is 16.6. The van der Waals surface area contributed by atoms with Gasteiger partial charge in [-0.05, 0) is 62.2 Å². The summed E-state index contributed by atoms with van der Waals surface area (Å²) in [6.07, 6.45) is 3.46. The molecular formula is C26H29N3O4. The summed E-state index contributed by atoms with van der Waals surface area (Å²) >= 11 is 0. The van der Waals surface area contributed by atoms with Crippen LogP contribution in [0.5, 0.6) is 5.75 Å². The average Bonchev–Trinajstić information content (AvgIpc) is 2.84. The number of amides is 1. The first kappa shape index (κ1) is 22.9. The van der Waals surface area contributed by atoms with Gasteiger partial charge in [0.15, 0.2) is 0 Å². The van der Waals surface area contributed by atoms with Crippen molar-refractivity contribution >= 4 is 5.91 Å². The number of aromatic nitrogens is 2. The Hall–Kier alpha value is -3.29. The molecule has 172 valence electrons. The van der Waals surface area contributed by atoms with Crippen molar-refractivity contribution in [3.8, 4) is 17.0 Å². The van der Waals surface area contributed by atoms with Gasteiger partial charge in [0.05, 0.1) is 31.6 Å². The third-order valence-corrected chi connectivity index (χ3v) is 5.48. The van der Waals surface area contributed by atoms with E-state index in [-0.39, 0.29) is 18.1 Å². The van der Waals surface area contributed by atoms with Crippen LogP contribution in [-0.2, 0) is 9.47 Å². The van der Waals surface area contributed by atoms with E-state index in [1.807, 2.05) is 63.4 Å². The molecule has 2 aromatic heterocycles. The van der Waals surface area contributed by atoms with Crippen LogP contribution in [-0.4, -0.2) is 48.4 Å². The van der Waals surface area contributed by atoms with Crippen molar-refractivity contribution < 1.29 is 19.0 Å². The topological polar surface area (TPSA) is 82.6 Å². The van der Waals surface area contributed by atoms with Crippen molar-refractivity contribution in [1.29, 1.82) is 0 Å². The van der Waals surface area contributed by atoms with Gasteiger partial charge >= 0.3 is 0 Å². The molecular weight excluding hydrogens is 418 g/mol. The molecule has 1 N–H and O–H groups in total. The number of aryl methyl sites for hydroxylation is 2. The van der Waals surface area contributed by atoms with E-state index in [4.69, 9.17) is 14.2 Å². The minimum Gasteiger partial charge on any atom is -0.491 e. The molecule has 1 amide bonds. The summed E-state index contributed by atoms with van der Waals surface area (Å²) in [5, 5.41) is 3.05. The van der Waals surface area contributed by atoms with Crippen molar-refractivity contribution in [3.63, 3.8) is 0 Å². The smallest absolute Gasteiger partial charge is 0.251 e. The van der Waals surface area contributed by atoms with E-state index in [1.165, 1.54) is 0 Å². The van der Waals surface area contributed by atoms with Crippen LogP contribution in [0.4, 0.5) is 0 Å². The minimum atomic E-state index is -0.195. The van der Waals surface area contributed by atoms with Gasteiger partial charge in [-0.25, -0.2) is 0 Å². The van der Waals surface area contributed by atoms with Crippen LogP contribution >= 0.6 is 0 Å². The van der Waals surface area contributed by atoms with Crippen LogP contribution < -0.4 is 10.1 Å². The first-order chi connectivity index (χ1) is 16.0. The molecule has 1 saturated heterocycles. The molecule has 0 bridgehead atoms. The van der Waals surface area contributed by atoms with E-state index >= 15 is 0 Å². The fourth-order valence-electron chi connectivity index (χ4n) is 3.52. The largest absolute Gasteiger partial charge is 0.491 e. The van der Waals surface area contributed by atoms with Gasteiger partial charge in [-0.2, -0.15) is 0 Å². The Morgan fingerprint density at radius 2 is 2.00 bits per heavy atom. The third-order valence-electron chi connectivity index (χ3n) is 5.48. The van der Waals surface area contributed by atoms with Crippen LogP contribution in [0.25, 0.3) is 11.3 Å². The number of nitrogens with zero attached hydrogens (tertiary/aromatic N) is 2. The second-order valence-corrected chi connectivity index (χ2v) is 8.27. The van der Waals surface area contributed by atoms with Gasteiger partial charge in [-0.1, -0.05) is 12.1 Å². The highest BCUT2D eigenvalue weighted by Gasteiger charge is 2.18. The zero-order valence-corrected chi connectivity index (χ0v) is 19.2. The molecule has 33 heavy (non-hydrogen) atoms. The molecule has 3 heterocycles. The fraction of sp³-hybridized carbons (Fsp3) is 0.346. The van der Waals surface area contributed by atoms with E-state index in [0.717, 1.165) is 28.1 Å². The predicted octanol–water partition coefficient (Wildman–Crippen LogP) is 4.05. The van der Waals surface area contributed by atoms with E-state index in [1.54, 1.807) is 12.3 Å². The minimum absolute atomic E-state index is 0.133. The Balaban J connectivity index is 1.56. The summed E-state index contributed by atoms with van der Waals surface area (Å²) in [6.45, 7) is 7.86. The number of benzene rings is 1. The summed E-state index contributed by atoms with van der Waals surface area (Å²) in [4.78, 5) is 22.0. The number of carbonyl (C=O) groups is 1. The zero-order chi connectivity index (χ0) is 23.2. The lowest BCUT2D eigenvalue weighted by Gasteiger charge is -2.23. The van der Waals surface area contributed by atoms with Gasteiger partial charge in [0.25, 0.3) is 5.91 Å². The maximum atomic E-state index is 13.1. The Labute approximate surface area is 194 Å². The van der Waals surface area contributed by atoms with Gasteiger partial charge in [0, 0.05) is 29.2 Å². The number of hydrogen-bond acceptors (Lipinski definition) is 6. The molecule has 0 radical (unpaired) electrons. The number of hydrogen-bond donors (Lipinski definition) is 1. The van der Waals surface area contributed by atoms with Gasteiger partial charge in [-0.3, -0.25) is 14.8 Å². The molecule has 3 aromatic rings. The lowest BCUT2D eigenvalue weighted by molar-refractivity contribution is -0.101. The maximum Gasteiger partial charge on any atom is 0.251 e. The molecule has 0 saturated carbocycles. The summed E-state index contributed by atoms with van der Waals surface area (Å²) < 4.78 is 17.1.